The van der Waals surface area contributed by atoms with E-state index in [1.165, 1.54) is 5.69 Å². The number of imidazole rings is 1. The maximum atomic E-state index is 4.82. The number of rotatable bonds is 4. The average molecular weight is 328 g/mol. The van der Waals surface area contributed by atoms with Crippen molar-refractivity contribution >= 4 is 22.8 Å². The Labute approximate surface area is 147 Å². The molecule has 2 aromatic carbocycles. The second-order valence-corrected chi connectivity index (χ2v) is 6.17. The van der Waals surface area contributed by atoms with Crippen LogP contribution < -0.4 is 10.2 Å². The first-order valence-corrected chi connectivity index (χ1v) is 8.29. The molecule has 0 saturated heterocycles. The van der Waals surface area contributed by atoms with Crippen molar-refractivity contribution in [1.82, 2.24) is 9.38 Å². The lowest BCUT2D eigenvalue weighted by Crippen LogP contribution is -2.08. The Morgan fingerprint density at radius 3 is 2.28 bits per heavy atom. The molecule has 4 aromatic rings. The van der Waals surface area contributed by atoms with E-state index in [1.54, 1.807) is 0 Å². The highest BCUT2D eigenvalue weighted by Gasteiger charge is 2.13. The van der Waals surface area contributed by atoms with Crippen molar-refractivity contribution in [2.45, 2.75) is 0 Å². The van der Waals surface area contributed by atoms with E-state index >= 15 is 0 Å². The molecule has 0 unspecified atom stereocenters. The molecule has 2 heterocycles. The van der Waals surface area contributed by atoms with Crippen molar-refractivity contribution in [3.8, 4) is 11.3 Å². The largest absolute Gasteiger partial charge is 0.378 e. The Morgan fingerprint density at radius 1 is 0.840 bits per heavy atom. The molecule has 1 N–H and O–H groups in total. The van der Waals surface area contributed by atoms with Crippen LogP contribution in [0.15, 0.2) is 79.0 Å². The lowest BCUT2D eigenvalue weighted by molar-refractivity contribution is 1.13. The summed E-state index contributed by atoms with van der Waals surface area (Å²) in [4.78, 5) is 6.91. The predicted molar refractivity (Wildman–Crippen MR) is 105 cm³/mol. The lowest BCUT2D eigenvalue weighted by Gasteiger charge is -2.14. The maximum absolute atomic E-state index is 4.82. The van der Waals surface area contributed by atoms with E-state index in [9.17, 15) is 0 Å². The first-order valence-electron chi connectivity index (χ1n) is 8.29. The highest BCUT2D eigenvalue weighted by Crippen LogP contribution is 2.31. The SMILES string of the molecule is CN(C)c1ccc(Nc2c(-c3ccccc3)nc3ccccn23)cc1. The number of fused-ring (bicyclic) bond motifs is 1. The third-order valence-corrected chi connectivity index (χ3v) is 4.22. The molecule has 0 aliphatic carbocycles. The van der Waals surface area contributed by atoms with Crippen molar-refractivity contribution in [2.75, 3.05) is 24.3 Å². The molecule has 0 amide bonds. The van der Waals surface area contributed by atoms with Crippen LogP contribution >= 0.6 is 0 Å². The first-order chi connectivity index (χ1) is 12.2. The summed E-state index contributed by atoms with van der Waals surface area (Å²) in [6, 6.07) is 24.7. The summed E-state index contributed by atoms with van der Waals surface area (Å²) in [5, 5.41) is 3.54. The van der Waals surface area contributed by atoms with Gasteiger partial charge < -0.3 is 10.2 Å². The number of anilines is 3. The van der Waals surface area contributed by atoms with Gasteiger partial charge in [-0.2, -0.15) is 0 Å². The molecule has 0 bridgehead atoms. The number of hydrogen-bond acceptors (Lipinski definition) is 3. The molecule has 0 saturated carbocycles. The molecule has 0 spiro atoms. The van der Waals surface area contributed by atoms with Gasteiger partial charge in [0.15, 0.2) is 0 Å². The van der Waals surface area contributed by atoms with Gasteiger partial charge in [-0.15, -0.1) is 0 Å². The van der Waals surface area contributed by atoms with Crippen LogP contribution in [0.5, 0.6) is 0 Å². The van der Waals surface area contributed by atoms with Gasteiger partial charge in [0, 0.05) is 37.2 Å². The lowest BCUT2D eigenvalue weighted by atomic mass is 10.1. The molecule has 0 radical (unpaired) electrons. The third-order valence-electron chi connectivity index (χ3n) is 4.22. The monoisotopic (exact) mass is 328 g/mol. The number of benzene rings is 2. The summed E-state index contributed by atoms with van der Waals surface area (Å²) in [5.41, 5.74) is 5.18. The van der Waals surface area contributed by atoms with Crippen LogP contribution in [-0.4, -0.2) is 23.5 Å². The Kier molecular flexibility index (Phi) is 3.86. The zero-order chi connectivity index (χ0) is 17.2. The molecule has 25 heavy (non-hydrogen) atoms. The Bertz CT molecular complexity index is 986. The smallest absolute Gasteiger partial charge is 0.143 e. The van der Waals surface area contributed by atoms with Crippen LogP contribution in [0.3, 0.4) is 0 Å². The average Bonchev–Trinajstić information content (AvgIpc) is 3.02. The normalized spacial score (nSPS) is 10.8. The Morgan fingerprint density at radius 2 is 1.56 bits per heavy atom. The van der Waals surface area contributed by atoms with E-state index < -0.39 is 0 Å². The van der Waals surface area contributed by atoms with Gasteiger partial charge in [-0.05, 0) is 36.4 Å². The molecule has 0 aliphatic heterocycles. The minimum atomic E-state index is 0.925. The number of pyridine rings is 1. The number of nitrogens with one attached hydrogen (secondary N) is 1. The molecule has 4 nitrogen and oxygen atoms in total. The maximum Gasteiger partial charge on any atom is 0.143 e. The van der Waals surface area contributed by atoms with Gasteiger partial charge in [0.05, 0.1) is 0 Å². The molecule has 124 valence electrons. The van der Waals surface area contributed by atoms with Crippen molar-refractivity contribution in [3.63, 3.8) is 0 Å². The van der Waals surface area contributed by atoms with Gasteiger partial charge >= 0.3 is 0 Å². The molecular formula is C21H20N4. The van der Waals surface area contributed by atoms with E-state index in [4.69, 9.17) is 4.98 Å². The van der Waals surface area contributed by atoms with Crippen molar-refractivity contribution in [3.05, 3.63) is 79.0 Å². The highest BCUT2D eigenvalue weighted by atomic mass is 15.1. The molecule has 2 aromatic heterocycles. The van der Waals surface area contributed by atoms with E-state index in [-0.39, 0.29) is 0 Å². The molecule has 4 heteroatoms. The summed E-state index contributed by atoms with van der Waals surface area (Å²) in [6.45, 7) is 0. The fraction of sp³-hybridized carbons (Fsp3) is 0.0952. The van der Waals surface area contributed by atoms with Crippen molar-refractivity contribution < 1.29 is 0 Å². The van der Waals surface area contributed by atoms with Gasteiger partial charge in [-0.25, -0.2) is 4.98 Å². The third kappa shape index (κ3) is 2.94. The topological polar surface area (TPSA) is 32.6 Å². The van der Waals surface area contributed by atoms with Crippen LogP contribution in [0, 0.1) is 0 Å². The minimum absolute atomic E-state index is 0.925. The Balaban J connectivity index is 1.80. The first kappa shape index (κ1) is 15.3. The predicted octanol–water partition coefficient (Wildman–Crippen LogP) is 4.81. The van der Waals surface area contributed by atoms with Crippen LogP contribution in [0.2, 0.25) is 0 Å². The van der Waals surface area contributed by atoms with Crippen LogP contribution in [0.4, 0.5) is 17.2 Å². The zero-order valence-corrected chi connectivity index (χ0v) is 14.3. The molecule has 0 atom stereocenters. The van der Waals surface area contributed by atoms with Crippen LogP contribution in [0.25, 0.3) is 16.9 Å². The van der Waals surface area contributed by atoms with Gasteiger partial charge in [0.25, 0.3) is 0 Å². The number of aromatic nitrogens is 2. The molecular weight excluding hydrogens is 308 g/mol. The zero-order valence-electron chi connectivity index (χ0n) is 14.3. The second-order valence-electron chi connectivity index (χ2n) is 6.17. The summed E-state index contributed by atoms with van der Waals surface area (Å²) < 4.78 is 2.09. The van der Waals surface area contributed by atoms with Crippen LogP contribution in [-0.2, 0) is 0 Å². The highest BCUT2D eigenvalue weighted by molar-refractivity contribution is 5.79. The van der Waals surface area contributed by atoms with Crippen molar-refractivity contribution in [2.24, 2.45) is 0 Å². The van der Waals surface area contributed by atoms with Crippen LogP contribution in [0.1, 0.15) is 0 Å². The van der Waals surface area contributed by atoms with E-state index in [0.717, 1.165) is 28.4 Å². The minimum Gasteiger partial charge on any atom is -0.378 e. The molecule has 0 fully saturated rings. The molecule has 4 rings (SSSR count). The van der Waals surface area contributed by atoms with Gasteiger partial charge in [-0.1, -0.05) is 36.4 Å². The summed E-state index contributed by atoms with van der Waals surface area (Å²) >= 11 is 0. The summed E-state index contributed by atoms with van der Waals surface area (Å²) in [5.74, 6) is 0.972. The fourth-order valence-electron chi connectivity index (χ4n) is 2.89. The van der Waals surface area contributed by atoms with Gasteiger partial charge in [0.2, 0.25) is 0 Å². The van der Waals surface area contributed by atoms with Crippen molar-refractivity contribution in [1.29, 1.82) is 0 Å². The van der Waals surface area contributed by atoms with E-state index in [1.807, 2.05) is 56.7 Å². The number of hydrogen-bond donors (Lipinski definition) is 1. The fourth-order valence-corrected chi connectivity index (χ4v) is 2.89. The van der Waals surface area contributed by atoms with E-state index in [0.29, 0.717) is 0 Å². The number of nitrogens with zero attached hydrogens (tertiary/aromatic N) is 3. The Hall–Kier alpha value is -3.27. The standard InChI is InChI=1S/C21H20N4/c1-24(2)18-13-11-17(12-14-18)22-21-20(16-8-4-3-5-9-16)23-19-10-6-7-15-25(19)21/h3-15,22H,1-2H3. The molecule has 0 aliphatic rings. The quantitative estimate of drug-likeness (QED) is 0.583. The summed E-state index contributed by atoms with van der Waals surface area (Å²) in [6.07, 6.45) is 2.03. The summed E-state index contributed by atoms with van der Waals surface area (Å²) in [7, 11) is 4.08. The van der Waals surface area contributed by atoms with Gasteiger partial charge in [0.1, 0.15) is 17.2 Å². The second kappa shape index (κ2) is 6.32. The van der Waals surface area contributed by atoms with E-state index in [2.05, 4.69) is 51.0 Å². The van der Waals surface area contributed by atoms with Gasteiger partial charge in [-0.3, -0.25) is 4.40 Å².